The molecule has 0 radical (unpaired) electrons. The molecule has 1 aromatic carbocycles. The summed E-state index contributed by atoms with van der Waals surface area (Å²) in [5.41, 5.74) is 0.885. The van der Waals surface area contributed by atoms with Gasteiger partial charge >= 0.3 is 6.18 Å². The van der Waals surface area contributed by atoms with Crippen LogP contribution in [-0.2, 0) is 6.18 Å². The summed E-state index contributed by atoms with van der Waals surface area (Å²) in [5.74, 6) is 2.12. The van der Waals surface area contributed by atoms with Crippen molar-refractivity contribution in [1.29, 1.82) is 0 Å². The van der Waals surface area contributed by atoms with Crippen LogP contribution in [0.4, 0.5) is 13.2 Å². The normalized spacial score (nSPS) is 31.8. The van der Waals surface area contributed by atoms with Crippen LogP contribution in [0, 0.1) is 18.8 Å². The number of halogens is 3. The van der Waals surface area contributed by atoms with Crippen LogP contribution in [-0.4, -0.2) is 24.0 Å². The molecule has 2 unspecified atom stereocenters. The maximum atomic E-state index is 13.1. The summed E-state index contributed by atoms with van der Waals surface area (Å²) in [7, 11) is 0. The Hall–Kier alpha value is -1.03. The van der Waals surface area contributed by atoms with Crippen LogP contribution >= 0.6 is 0 Å². The fourth-order valence-corrected chi connectivity index (χ4v) is 5.60. The van der Waals surface area contributed by atoms with Crippen molar-refractivity contribution in [2.24, 2.45) is 11.8 Å². The number of rotatable bonds is 2. The van der Waals surface area contributed by atoms with Crippen molar-refractivity contribution in [3.8, 4) is 0 Å². The summed E-state index contributed by atoms with van der Waals surface area (Å²) >= 11 is 0. The van der Waals surface area contributed by atoms with Crippen LogP contribution in [0.15, 0.2) is 18.2 Å². The Kier molecular flexibility index (Phi) is 4.14. The maximum absolute atomic E-state index is 13.1. The van der Waals surface area contributed by atoms with Gasteiger partial charge in [0, 0.05) is 6.04 Å². The van der Waals surface area contributed by atoms with Crippen molar-refractivity contribution >= 4 is 0 Å². The van der Waals surface area contributed by atoms with Gasteiger partial charge < -0.3 is 4.90 Å². The number of fused-ring (bicyclic) bond motifs is 2. The predicted molar refractivity (Wildman–Crippen MR) is 89.0 cm³/mol. The van der Waals surface area contributed by atoms with Crippen molar-refractivity contribution in [3.63, 3.8) is 0 Å². The quantitative estimate of drug-likeness (QED) is 0.700. The smallest absolute Gasteiger partial charge is 0.300 e. The molecule has 3 fully saturated rings. The summed E-state index contributed by atoms with van der Waals surface area (Å²) in [4.78, 5) is 2.64. The first kappa shape index (κ1) is 16.4. The molecule has 4 heteroatoms. The second kappa shape index (κ2) is 6.05. The molecule has 132 valence electrons. The Morgan fingerprint density at radius 1 is 1.00 bits per heavy atom. The van der Waals surface area contributed by atoms with Gasteiger partial charge in [-0.05, 0) is 87.1 Å². The molecule has 4 rings (SSSR count). The SMILES string of the molecule is Cc1c(C2CCN(C3C[C@H]4CCC3C4)CC2)cccc1C(F)(F)F. The minimum atomic E-state index is -4.25. The zero-order chi connectivity index (χ0) is 16.9. The van der Waals surface area contributed by atoms with Crippen molar-refractivity contribution in [3.05, 3.63) is 34.9 Å². The number of hydrogen-bond acceptors (Lipinski definition) is 1. The Morgan fingerprint density at radius 3 is 2.33 bits per heavy atom. The van der Waals surface area contributed by atoms with E-state index in [2.05, 4.69) is 4.90 Å². The topological polar surface area (TPSA) is 3.24 Å². The number of hydrogen-bond donors (Lipinski definition) is 0. The van der Waals surface area contributed by atoms with Gasteiger partial charge in [-0.1, -0.05) is 18.6 Å². The van der Waals surface area contributed by atoms with Crippen LogP contribution in [0.3, 0.4) is 0 Å². The molecule has 2 aliphatic carbocycles. The molecule has 0 aromatic heterocycles. The molecule has 1 saturated heterocycles. The monoisotopic (exact) mass is 337 g/mol. The summed E-state index contributed by atoms with van der Waals surface area (Å²) in [6.45, 7) is 3.74. The van der Waals surface area contributed by atoms with Crippen LogP contribution < -0.4 is 0 Å². The lowest BCUT2D eigenvalue weighted by Crippen LogP contribution is -2.43. The second-order valence-electron chi connectivity index (χ2n) is 8.07. The molecular formula is C20H26F3N. The summed E-state index contributed by atoms with van der Waals surface area (Å²) in [6.07, 6.45) is 3.33. The first-order valence-corrected chi connectivity index (χ1v) is 9.34. The zero-order valence-electron chi connectivity index (χ0n) is 14.3. The van der Waals surface area contributed by atoms with E-state index in [1.807, 2.05) is 6.07 Å². The van der Waals surface area contributed by atoms with E-state index in [0.29, 0.717) is 5.56 Å². The van der Waals surface area contributed by atoms with Crippen LogP contribution in [0.5, 0.6) is 0 Å². The highest BCUT2D eigenvalue weighted by Crippen LogP contribution is 2.48. The maximum Gasteiger partial charge on any atom is 0.416 e. The molecular weight excluding hydrogens is 311 g/mol. The third-order valence-electron chi connectivity index (χ3n) is 6.82. The Bertz CT molecular complexity index is 601. The van der Waals surface area contributed by atoms with Gasteiger partial charge in [-0.2, -0.15) is 13.2 Å². The van der Waals surface area contributed by atoms with Crippen LogP contribution in [0.1, 0.15) is 61.1 Å². The van der Waals surface area contributed by atoms with E-state index < -0.39 is 11.7 Å². The van der Waals surface area contributed by atoms with E-state index in [1.54, 1.807) is 13.0 Å². The summed E-state index contributed by atoms with van der Waals surface area (Å²) in [5, 5.41) is 0. The molecule has 2 bridgehead atoms. The number of piperidine rings is 1. The second-order valence-corrected chi connectivity index (χ2v) is 8.07. The molecule has 24 heavy (non-hydrogen) atoms. The fourth-order valence-electron chi connectivity index (χ4n) is 5.60. The van der Waals surface area contributed by atoms with Crippen molar-refractivity contribution in [2.75, 3.05) is 13.1 Å². The molecule has 3 atom stereocenters. The third kappa shape index (κ3) is 2.87. The average molecular weight is 337 g/mol. The average Bonchev–Trinajstić information content (AvgIpc) is 3.17. The van der Waals surface area contributed by atoms with Gasteiger partial charge in [0.1, 0.15) is 0 Å². The molecule has 1 heterocycles. The molecule has 0 spiro atoms. The standard InChI is InChI=1S/C20H26F3N/c1-13-17(3-2-4-18(13)20(21,22)23)15-7-9-24(10-8-15)19-12-14-5-6-16(19)11-14/h2-4,14-16,19H,5-12H2,1H3/t14-,16?,19?/m0/s1. The molecule has 2 saturated carbocycles. The predicted octanol–water partition coefficient (Wildman–Crippen LogP) is 5.38. The van der Waals surface area contributed by atoms with Gasteiger partial charge in [0.05, 0.1) is 5.56 Å². The van der Waals surface area contributed by atoms with Crippen LogP contribution in [0.2, 0.25) is 0 Å². The van der Waals surface area contributed by atoms with E-state index >= 15 is 0 Å². The van der Waals surface area contributed by atoms with E-state index in [1.165, 1.54) is 31.7 Å². The van der Waals surface area contributed by atoms with Gasteiger partial charge in [0.2, 0.25) is 0 Å². The molecule has 1 aliphatic heterocycles. The van der Waals surface area contributed by atoms with Gasteiger partial charge in [-0.3, -0.25) is 0 Å². The number of nitrogens with zero attached hydrogens (tertiary/aromatic N) is 1. The van der Waals surface area contributed by atoms with E-state index in [4.69, 9.17) is 0 Å². The number of alkyl halides is 3. The number of likely N-dealkylation sites (tertiary alicyclic amines) is 1. The minimum absolute atomic E-state index is 0.280. The van der Waals surface area contributed by atoms with E-state index in [-0.39, 0.29) is 5.92 Å². The lowest BCUT2D eigenvalue weighted by atomic mass is 9.83. The van der Waals surface area contributed by atoms with Gasteiger partial charge in [0.25, 0.3) is 0 Å². The fraction of sp³-hybridized carbons (Fsp3) is 0.700. The van der Waals surface area contributed by atoms with Crippen molar-refractivity contribution in [1.82, 2.24) is 4.90 Å². The minimum Gasteiger partial charge on any atom is -0.300 e. The van der Waals surface area contributed by atoms with E-state index in [0.717, 1.165) is 49.4 Å². The Labute approximate surface area is 142 Å². The van der Waals surface area contributed by atoms with E-state index in [9.17, 15) is 13.2 Å². The van der Waals surface area contributed by atoms with Crippen molar-refractivity contribution < 1.29 is 13.2 Å². The van der Waals surface area contributed by atoms with Crippen LogP contribution in [0.25, 0.3) is 0 Å². The first-order chi connectivity index (χ1) is 11.4. The highest BCUT2D eigenvalue weighted by atomic mass is 19.4. The molecule has 1 aromatic rings. The first-order valence-electron chi connectivity index (χ1n) is 9.34. The summed E-state index contributed by atoms with van der Waals surface area (Å²) in [6, 6.07) is 5.45. The highest BCUT2D eigenvalue weighted by Gasteiger charge is 2.43. The summed E-state index contributed by atoms with van der Waals surface area (Å²) < 4.78 is 39.4. The Morgan fingerprint density at radius 2 is 1.75 bits per heavy atom. The Balaban J connectivity index is 1.45. The number of benzene rings is 1. The lowest BCUT2D eigenvalue weighted by Gasteiger charge is -2.40. The third-order valence-corrected chi connectivity index (χ3v) is 6.82. The molecule has 3 aliphatic rings. The molecule has 1 nitrogen and oxygen atoms in total. The lowest BCUT2D eigenvalue weighted by molar-refractivity contribution is -0.138. The molecule has 0 N–H and O–H groups in total. The highest BCUT2D eigenvalue weighted by molar-refractivity contribution is 5.38. The largest absolute Gasteiger partial charge is 0.416 e. The van der Waals surface area contributed by atoms with Gasteiger partial charge in [-0.15, -0.1) is 0 Å². The molecule has 0 amide bonds. The zero-order valence-corrected chi connectivity index (χ0v) is 14.3. The van der Waals surface area contributed by atoms with Gasteiger partial charge in [-0.25, -0.2) is 0 Å². The van der Waals surface area contributed by atoms with Gasteiger partial charge in [0.15, 0.2) is 0 Å². The van der Waals surface area contributed by atoms with Crippen molar-refractivity contribution in [2.45, 2.75) is 63.6 Å².